The van der Waals surface area contributed by atoms with Crippen LogP contribution in [0.1, 0.15) is 86.5 Å². The molecule has 1 aliphatic rings. The molecule has 1 atom stereocenters. The zero-order valence-electron chi connectivity index (χ0n) is 20.6. The van der Waals surface area contributed by atoms with Crippen molar-refractivity contribution in [3.05, 3.63) is 83.0 Å². The van der Waals surface area contributed by atoms with E-state index in [-0.39, 0.29) is 23.8 Å². The molecular formula is C28H32F3N3O. The molecule has 4 nitrogen and oxygen atoms in total. The zero-order valence-corrected chi connectivity index (χ0v) is 20.6. The van der Waals surface area contributed by atoms with Crippen LogP contribution in [-0.4, -0.2) is 15.6 Å². The molecule has 0 spiro atoms. The molecule has 1 unspecified atom stereocenters. The van der Waals surface area contributed by atoms with Crippen molar-refractivity contribution < 1.29 is 18.0 Å². The Labute approximate surface area is 204 Å². The summed E-state index contributed by atoms with van der Waals surface area (Å²) in [7, 11) is 0. The normalized spacial score (nSPS) is 17.5. The van der Waals surface area contributed by atoms with Crippen molar-refractivity contribution in [1.29, 1.82) is 0 Å². The van der Waals surface area contributed by atoms with Crippen molar-refractivity contribution >= 4 is 11.6 Å². The van der Waals surface area contributed by atoms with E-state index in [1.54, 1.807) is 12.3 Å². The fourth-order valence-electron chi connectivity index (χ4n) is 5.28. The van der Waals surface area contributed by atoms with Gasteiger partial charge < -0.3 is 5.32 Å². The van der Waals surface area contributed by atoms with Crippen molar-refractivity contribution in [3.63, 3.8) is 0 Å². The highest BCUT2D eigenvalue weighted by molar-refractivity contribution is 6.01. The van der Waals surface area contributed by atoms with Crippen LogP contribution in [0.5, 0.6) is 0 Å². The maximum Gasteiger partial charge on any atom is 0.416 e. The monoisotopic (exact) mass is 483 g/mol. The van der Waals surface area contributed by atoms with E-state index in [1.165, 1.54) is 12.1 Å². The summed E-state index contributed by atoms with van der Waals surface area (Å²) >= 11 is 0. The Bertz CT molecular complexity index is 1190. The Balaban J connectivity index is 1.68. The van der Waals surface area contributed by atoms with E-state index in [1.807, 2.05) is 36.7 Å². The maximum atomic E-state index is 13.7. The molecule has 1 aliphatic heterocycles. The van der Waals surface area contributed by atoms with Crippen molar-refractivity contribution in [3.8, 4) is 0 Å². The second kappa shape index (κ2) is 9.17. The molecule has 0 aliphatic carbocycles. The van der Waals surface area contributed by atoms with Crippen LogP contribution in [0.4, 0.5) is 19.0 Å². The number of ketones is 1. The predicted molar refractivity (Wildman–Crippen MR) is 132 cm³/mol. The van der Waals surface area contributed by atoms with Gasteiger partial charge in [-0.3, -0.25) is 4.79 Å². The number of hydrogen-bond donors (Lipinski definition) is 1. The first-order valence-electron chi connectivity index (χ1n) is 12.1. The van der Waals surface area contributed by atoms with Crippen LogP contribution >= 0.6 is 0 Å². The van der Waals surface area contributed by atoms with Crippen LogP contribution in [0.3, 0.4) is 0 Å². The molecule has 7 heteroatoms. The highest BCUT2D eigenvalue weighted by Crippen LogP contribution is 2.43. The molecule has 4 rings (SSSR count). The first kappa shape index (κ1) is 25.0. The van der Waals surface area contributed by atoms with Gasteiger partial charge in [-0.15, -0.1) is 0 Å². The van der Waals surface area contributed by atoms with E-state index in [4.69, 9.17) is 0 Å². The Kier molecular flexibility index (Phi) is 6.56. The molecule has 0 saturated carbocycles. The van der Waals surface area contributed by atoms with Crippen molar-refractivity contribution in [2.75, 3.05) is 5.32 Å². The fraction of sp³-hybridized carbons (Fsp3) is 0.429. The standard InChI is InChI=1S/C28H32F3N3O/c1-5-27(6-2,20-13-10-14-21(15-20)28(29,30)31)17-24(35)22-18-32-34-25(22)33-23(16-26(34,3)4)19-11-8-7-9-12-19/h7-15,18,23,33H,5-6,16-17H2,1-4H3. The number of aromatic nitrogens is 2. The van der Waals surface area contributed by atoms with E-state index >= 15 is 0 Å². The molecule has 3 aromatic rings. The molecule has 2 aromatic carbocycles. The number of alkyl halides is 3. The number of Topliss-reactive ketones (excluding diaryl/α,β-unsaturated/α-hetero) is 1. The van der Waals surface area contributed by atoms with Gasteiger partial charge in [0.2, 0.25) is 0 Å². The summed E-state index contributed by atoms with van der Waals surface area (Å²) in [5.74, 6) is 0.551. The largest absolute Gasteiger partial charge is 0.416 e. The maximum absolute atomic E-state index is 13.7. The molecular weight excluding hydrogens is 451 g/mol. The molecule has 186 valence electrons. The van der Waals surface area contributed by atoms with Gasteiger partial charge >= 0.3 is 6.18 Å². The van der Waals surface area contributed by atoms with Gasteiger partial charge in [-0.2, -0.15) is 18.3 Å². The van der Waals surface area contributed by atoms with Crippen molar-refractivity contribution in [1.82, 2.24) is 9.78 Å². The SMILES string of the molecule is CCC(CC)(CC(=O)c1cnn2c1NC(c1ccccc1)CC2(C)C)c1cccc(C(F)(F)F)c1. The highest BCUT2D eigenvalue weighted by Gasteiger charge is 2.39. The van der Waals surface area contributed by atoms with Gasteiger partial charge in [-0.05, 0) is 50.3 Å². The minimum atomic E-state index is -4.43. The molecule has 0 fully saturated rings. The molecule has 0 bridgehead atoms. The van der Waals surface area contributed by atoms with Gasteiger partial charge in [-0.25, -0.2) is 4.68 Å². The van der Waals surface area contributed by atoms with Crippen LogP contribution in [0, 0.1) is 0 Å². The average Bonchev–Trinajstić information content (AvgIpc) is 3.28. The summed E-state index contributed by atoms with van der Waals surface area (Å²) in [6.45, 7) is 8.05. The molecule has 0 radical (unpaired) electrons. The predicted octanol–water partition coefficient (Wildman–Crippen LogP) is 7.52. The third kappa shape index (κ3) is 4.73. The Morgan fingerprint density at radius 2 is 1.71 bits per heavy atom. The number of benzene rings is 2. The van der Waals surface area contributed by atoms with Gasteiger partial charge in [0.05, 0.1) is 28.9 Å². The smallest absolute Gasteiger partial charge is 0.363 e. The van der Waals surface area contributed by atoms with Crippen LogP contribution in [0.15, 0.2) is 60.8 Å². The third-order valence-electron chi connectivity index (χ3n) is 7.51. The molecule has 0 amide bonds. The Hall–Kier alpha value is -3.09. The summed E-state index contributed by atoms with van der Waals surface area (Å²) in [4.78, 5) is 13.7. The number of carbonyl (C=O) groups excluding carboxylic acids is 1. The molecule has 1 N–H and O–H groups in total. The van der Waals surface area contributed by atoms with E-state index in [0.29, 0.717) is 29.8 Å². The minimum absolute atomic E-state index is 0.0209. The van der Waals surface area contributed by atoms with Gasteiger partial charge in [0.1, 0.15) is 5.82 Å². The van der Waals surface area contributed by atoms with Gasteiger partial charge in [0, 0.05) is 11.8 Å². The number of anilines is 1. The summed E-state index contributed by atoms with van der Waals surface area (Å²) in [5, 5.41) is 8.06. The van der Waals surface area contributed by atoms with Crippen molar-refractivity contribution in [2.24, 2.45) is 0 Å². The fourth-order valence-corrected chi connectivity index (χ4v) is 5.28. The van der Waals surface area contributed by atoms with Crippen LogP contribution in [0.25, 0.3) is 0 Å². The number of fused-ring (bicyclic) bond motifs is 1. The number of hydrogen-bond acceptors (Lipinski definition) is 3. The zero-order chi connectivity index (χ0) is 25.4. The second-order valence-corrected chi connectivity index (χ2v) is 10.1. The lowest BCUT2D eigenvalue weighted by molar-refractivity contribution is -0.137. The lowest BCUT2D eigenvalue weighted by Crippen LogP contribution is -2.38. The number of nitrogens with zero attached hydrogens (tertiary/aromatic N) is 2. The summed E-state index contributed by atoms with van der Waals surface area (Å²) in [6.07, 6.45) is -0.824. The van der Waals surface area contributed by atoms with E-state index in [9.17, 15) is 18.0 Å². The Morgan fingerprint density at radius 3 is 2.34 bits per heavy atom. The van der Waals surface area contributed by atoms with E-state index in [2.05, 4.69) is 36.4 Å². The van der Waals surface area contributed by atoms with Crippen LogP contribution < -0.4 is 5.32 Å². The van der Waals surface area contributed by atoms with E-state index < -0.39 is 17.2 Å². The summed E-state index contributed by atoms with van der Waals surface area (Å²) < 4.78 is 42.1. The van der Waals surface area contributed by atoms with Crippen LogP contribution in [0.2, 0.25) is 0 Å². The van der Waals surface area contributed by atoms with Gasteiger partial charge in [0.25, 0.3) is 0 Å². The number of halogens is 3. The Morgan fingerprint density at radius 1 is 1.06 bits per heavy atom. The minimum Gasteiger partial charge on any atom is -0.363 e. The second-order valence-electron chi connectivity index (χ2n) is 10.1. The van der Waals surface area contributed by atoms with Crippen molar-refractivity contribution in [2.45, 2.75) is 76.6 Å². The molecule has 2 heterocycles. The third-order valence-corrected chi connectivity index (χ3v) is 7.51. The van der Waals surface area contributed by atoms with Crippen LogP contribution in [-0.2, 0) is 17.1 Å². The lowest BCUT2D eigenvalue weighted by Gasteiger charge is -2.38. The lowest BCUT2D eigenvalue weighted by atomic mass is 9.71. The molecule has 35 heavy (non-hydrogen) atoms. The molecule has 1 aromatic heterocycles. The highest BCUT2D eigenvalue weighted by atomic mass is 19.4. The number of rotatable bonds is 7. The van der Waals surface area contributed by atoms with Gasteiger partial charge in [-0.1, -0.05) is 62.4 Å². The van der Waals surface area contributed by atoms with E-state index in [0.717, 1.165) is 18.1 Å². The summed E-state index contributed by atoms with van der Waals surface area (Å²) in [6, 6.07) is 15.5. The first-order valence-corrected chi connectivity index (χ1v) is 12.1. The summed E-state index contributed by atoms with van der Waals surface area (Å²) in [5.41, 5.74) is 0.459. The quantitative estimate of drug-likeness (QED) is 0.354. The number of nitrogens with one attached hydrogen (secondary N) is 1. The first-order chi connectivity index (χ1) is 16.5. The topological polar surface area (TPSA) is 46.9 Å². The number of carbonyl (C=O) groups is 1. The average molecular weight is 484 g/mol. The molecule has 0 saturated heterocycles. The van der Waals surface area contributed by atoms with Gasteiger partial charge in [0.15, 0.2) is 5.78 Å².